The van der Waals surface area contributed by atoms with Crippen molar-refractivity contribution >= 4 is 22.8 Å². The van der Waals surface area contributed by atoms with Gasteiger partial charge in [-0.2, -0.15) is 5.10 Å². The maximum Gasteiger partial charge on any atom is 0.432 e. The molecule has 4 rings (SSSR count). The molecule has 1 aliphatic heterocycles. The lowest BCUT2D eigenvalue weighted by atomic mass is 9.84. The molecule has 28 heavy (non-hydrogen) atoms. The number of aryl methyl sites for hydroxylation is 2. The van der Waals surface area contributed by atoms with E-state index in [0.717, 1.165) is 22.0 Å². The van der Waals surface area contributed by atoms with Crippen molar-refractivity contribution in [3.63, 3.8) is 0 Å². The summed E-state index contributed by atoms with van der Waals surface area (Å²) in [7, 11) is 0. The third kappa shape index (κ3) is 3.58. The van der Waals surface area contributed by atoms with Crippen molar-refractivity contribution in [2.24, 2.45) is 0 Å². The molecule has 0 saturated carbocycles. The first-order valence-corrected chi connectivity index (χ1v) is 9.42. The fraction of sp³-hybridized carbons (Fsp3) is 0.333. The number of rotatable bonds is 3. The first-order valence-electron chi connectivity index (χ1n) is 9.42. The van der Waals surface area contributed by atoms with Gasteiger partial charge in [-0.25, -0.2) is 4.79 Å². The molecular formula is C21H24N4O3. The molecule has 1 aromatic heterocycles. The molecular weight excluding hydrogens is 356 g/mol. The molecule has 0 spiro atoms. The zero-order valence-electron chi connectivity index (χ0n) is 16.0. The Morgan fingerprint density at radius 2 is 1.93 bits per heavy atom. The number of hydrogen-bond donors (Lipinski definition) is 3. The van der Waals surface area contributed by atoms with E-state index in [1.165, 1.54) is 5.56 Å². The molecule has 1 saturated heterocycles. The van der Waals surface area contributed by atoms with Gasteiger partial charge in [0.15, 0.2) is 5.82 Å². The van der Waals surface area contributed by atoms with Crippen LogP contribution in [0, 0.1) is 13.8 Å². The quantitative estimate of drug-likeness (QED) is 0.646. The van der Waals surface area contributed by atoms with Crippen molar-refractivity contribution in [2.45, 2.75) is 32.3 Å². The number of aromatic amines is 1. The highest BCUT2D eigenvalue weighted by atomic mass is 16.7. The summed E-state index contributed by atoms with van der Waals surface area (Å²) in [5.74, 6) is 0.434. The summed E-state index contributed by atoms with van der Waals surface area (Å²) in [5, 5.41) is 23.1. The Morgan fingerprint density at radius 1 is 1.18 bits per heavy atom. The van der Waals surface area contributed by atoms with Crippen molar-refractivity contribution in [3.8, 4) is 0 Å². The Kier molecular flexibility index (Phi) is 4.78. The summed E-state index contributed by atoms with van der Waals surface area (Å²) >= 11 is 0. The van der Waals surface area contributed by atoms with E-state index in [1.807, 2.05) is 49.4 Å². The second kappa shape index (κ2) is 7.26. The predicted molar refractivity (Wildman–Crippen MR) is 107 cm³/mol. The molecule has 0 radical (unpaired) electrons. The number of anilines is 1. The summed E-state index contributed by atoms with van der Waals surface area (Å²) in [4.78, 5) is 17.6. The lowest BCUT2D eigenvalue weighted by molar-refractivity contribution is -0.148. The Hall–Kier alpha value is -2.90. The number of benzene rings is 2. The minimum absolute atomic E-state index is 0.434. The van der Waals surface area contributed by atoms with Gasteiger partial charge in [-0.05, 0) is 55.5 Å². The third-order valence-electron chi connectivity index (χ3n) is 5.50. The molecule has 7 nitrogen and oxygen atoms in total. The molecule has 2 heterocycles. The topological polar surface area (TPSA) is 90.5 Å². The van der Waals surface area contributed by atoms with E-state index in [0.29, 0.717) is 31.7 Å². The van der Waals surface area contributed by atoms with Crippen LogP contribution in [0.15, 0.2) is 42.5 Å². The molecule has 1 aliphatic rings. The second-order valence-electron chi connectivity index (χ2n) is 7.38. The SMILES string of the molecule is Cc1ccc(C2(O)CCN(OC(=O)Nc3n[nH]c4ccccc34)CC2)cc1C. The van der Waals surface area contributed by atoms with E-state index in [9.17, 15) is 9.90 Å². The van der Waals surface area contributed by atoms with E-state index in [-0.39, 0.29) is 0 Å². The fourth-order valence-electron chi connectivity index (χ4n) is 3.56. The Balaban J connectivity index is 1.36. The van der Waals surface area contributed by atoms with Gasteiger partial charge in [0.25, 0.3) is 0 Å². The van der Waals surface area contributed by atoms with Crippen LogP contribution in [0.2, 0.25) is 0 Å². The number of para-hydroxylation sites is 1. The number of nitrogens with zero attached hydrogens (tertiary/aromatic N) is 2. The summed E-state index contributed by atoms with van der Waals surface area (Å²) in [6.07, 6.45) is 0.399. The predicted octanol–water partition coefficient (Wildman–Crippen LogP) is 3.63. The van der Waals surface area contributed by atoms with Crippen LogP contribution >= 0.6 is 0 Å². The summed E-state index contributed by atoms with van der Waals surface area (Å²) < 4.78 is 0. The third-order valence-corrected chi connectivity index (χ3v) is 5.50. The van der Waals surface area contributed by atoms with E-state index in [2.05, 4.69) is 22.4 Å². The van der Waals surface area contributed by atoms with Crippen LogP contribution < -0.4 is 5.32 Å². The summed E-state index contributed by atoms with van der Waals surface area (Å²) in [6.45, 7) is 5.01. The highest BCUT2D eigenvalue weighted by molar-refractivity contribution is 5.96. The molecule has 1 fully saturated rings. The van der Waals surface area contributed by atoms with Crippen LogP contribution in [-0.2, 0) is 10.4 Å². The number of hydrogen-bond acceptors (Lipinski definition) is 5. The van der Waals surface area contributed by atoms with Gasteiger partial charge in [-0.15, -0.1) is 5.06 Å². The lowest BCUT2D eigenvalue weighted by Gasteiger charge is -2.37. The smallest absolute Gasteiger partial charge is 0.385 e. The molecule has 0 aliphatic carbocycles. The summed E-state index contributed by atoms with van der Waals surface area (Å²) in [5.41, 5.74) is 3.23. The highest BCUT2D eigenvalue weighted by Gasteiger charge is 2.35. The largest absolute Gasteiger partial charge is 0.432 e. The number of carbonyl (C=O) groups excluding carboxylic acids is 1. The number of hydroxylamine groups is 2. The molecule has 0 unspecified atom stereocenters. The van der Waals surface area contributed by atoms with Crippen molar-refractivity contribution < 1.29 is 14.7 Å². The molecule has 146 valence electrons. The minimum atomic E-state index is -0.896. The van der Waals surface area contributed by atoms with E-state index >= 15 is 0 Å². The Labute approximate surface area is 163 Å². The van der Waals surface area contributed by atoms with Crippen LogP contribution in [0.25, 0.3) is 10.9 Å². The molecule has 0 bridgehead atoms. The van der Waals surface area contributed by atoms with Gasteiger partial charge in [0.1, 0.15) is 0 Å². The molecule has 2 aromatic carbocycles. The van der Waals surface area contributed by atoms with Gasteiger partial charge in [0.05, 0.1) is 11.1 Å². The average Bonchev–Trinajstić information content (AvgIpc) is 3.09. The van der Waals surface area contributed by atoms with Crippen molar-refractivity contribution in [1.29, 1.82) is 0 Å². The maximum atomic E-state index is 12.2. The second-order valence-corrected chi connectivity index (χ2v) is 7.38. The number of aliphatic hydroxyl groups is 1. The fourth-order valence-corrected chi connectivity index (χ4v) is 3.56. The molecule has 7 heteroatoms. The monoisotopic (exact) mass is 380 g/mol. The zero-order chi connectivity index (χ0) is 19.7. The maximum absolute atomic E-state index is 12.2. The van der Waals surface area contributed by atoms with Crippen LogP contribution in [0.5, 0.6) is 0 Å². The van der Waals surface area contributed by atoms with Crippen molar-refractivity contribution in [3.05, 3.63) is 59.2 Å². The average molecular weight is 380 g/mol. The minimum Gasteiger partial charge on any atom is -0.385 e. The number of carbonyl (C=O) groups is 1. The van der Waals surface area contributed by atoms with Crippen molar-refractivity contribution in [2.75, 3.05) is 18.4 Å². The van der Waals surface area contributed by atoms with Crippen LogP contribution in [0.1, 0.15) is 29.5 Å². The molecule has 3 aromatic rings. The van der Waals surface area contributed by atoms with Gasteiger partial charge in [0.2, 0.25) is 0 Å². The normalized spacial score (nSPS) is 16.8. The zero-order valence-corrected chi connectivity index (χ0v) is 16.0. The van der Waals surface area contributed by atoms with Gasteiger partial charge in [-0.1, -0.05) is 30.3 Å². The van der Waals surface area contributed by atoms with Gasteiger partial charge in [0, 0.05) is 18.5 Å². The number of piperidine rings is 1. The Bertz CT molecular complexity index is 1010. The van der Waals surface area contributed by atoms with E-state index in [4.69, 9.17) is 4.84 Å². The van der Waals surface area contributed by atoms with E-state index in [1.54, 1.807) is 5.06 Å². The number of nitrogens with one attached hydrogen (secondary N) is 2. The lowest BCUT2D eigenvalue weighted by Crippen LogP contribution is -2.44. The molecule has 1 amide bonds. The van der Waals surface area contributed by atoms with Crippen LogP contribution in [-0.4, -0.2) is 39.5 Å². The standard InChI is InChI=1S/C21H24N4O3/c1-14-7-8-16(13-15(14)2)21(27)9-11-25(12-10-21)28-20(26)22-19-17-5-3-4-6-18(17)23-24-19/h3-8,13,27H,9-12H2,1-2H3,(H2,22,23,24,26). The Morgan fingerprint density at radius 3 is 2.68 bits per heavy atom. The molecule has 0 atom stereocenters. The number of fused-ring (bicyclic) bond motifs is 1. The van der Waals surface area contributed by atoms with Gasteiger partial charge < -0.3 is 9.94 Å². The van der Waals surface area contributed by atoms with Crippen molar-refractivity contribution in [1.82, 2.24) is 15.3 Å². The highest BCUT2D eigenvalue weighted by Crippen LogP contribution is 2.34. The first-order chi connectivity index (χ1) is 13.4. The first kappa shape index (κ1) is 18.5. The van der Waals surface area contributed by atoms with Crippen LogP contribution in [0.3, 0.4) is 0 Å². The number of H-pyrrole nitrogens is 1. The summed E-state index contributed by atoms with van der Waals surface area (Å²) in [6, 6.07) is 13.6. The van der Waals surface area contributed by atoms with Crippen LogP contribution in [0.4, 0.5) is 10.6 Å². The number of aromatic nitrogens is 2. The molecule has 3 N–H and O–H groups in total. The number of amides is 1. The van der Waals surface area contributed by atoms with Gasteiger partial charge in [-0.3, -0.25) is 10.4 Å². The van der Waals surface area contributed by atoms with Gasteiger partial charge >= 0.3 is 6.09 Å². The van der Waals surface area contributed by atoms with E-state index < -0.39 is 11.7 Å².